The fourth-order valence-electron chi connectivity index (χ4n) is 3.22. The van der Waals surface area contributed by atoms with E-state index in [2.05, 4.69) is 11.1 Å². The first kappa shape index (κ1) is 16.8. The van der Waals surface area contributed by atoms with Gasteiger partial charge in [0.2, 0.25) is 0 Å². The summed E-state index contributed by atoms with van der Waals surface area (Å²) in [6.07, 6.45) is 0. The number of benzene rings is 3. The zero-order valence-corrected chi connectivity index (χ0v) is 14.7. The normalized spacial score (nSPS) is 10.7. The number of fused-ring (bicyclic) bond motifs is 1. The first-order chi connectivity index (χ1) is 13.2. The van der Waals surface area contributed by atoms with Crippen LogP contribution in [0.5, 0.6) is 5.75 Å². The number of imidazole rings is 1. The average Bonchev–Trinajstić information content (AvgIpc) is 3.07. The molecule has 0 saturated heterocycles. The lowest BCUT2D eigenvalue weighted by Crippen LogP contribution is -2.03. The van der Waals surface area contributed by atoms with Crippen LogP contribution in [0.1, 0.15) is 11.1 Å². The summed E-state index contributed by atoms with van der Waals surface area (Å²) in [5.41, 5.74) is 3.47. The molecule has 0 fully saturated rings. The van der Waals surface area contributed by atoms with E-state index in [9.17, 15) is 4.39 Å². The summed E-state index contributed by atoms with van der Waals surface area (Å²) in [6, 6.07) is 21.8. The first-order valence-electron chi connectivity index (χ1n) is 8.48. The molecule has 132 valence electrons. The van der Waals surface area contributed by atoms with Crippen LogP contribution in [0, 0.1) is 17.1 Å². The van der Waals surface area contributed by atoms with Crippen LogP contribution in [0.2, 0.25) is 0 Å². The number of rotatable bonds is 4. The average molecular weight is 357 g/mol. The molecule has 4 rings (SSSR count). The van der Waals surface area contributed by atoms with Crippen molar-refractivity contribution in [3.05, 3.63) is 83.7 Å². The molecule has 27 heavy (non-hydrogen) atoms. The van der Waals surface area contributed by atoms with E-state index in [4.69, 9.17) is 10.00 Å². The van der Waals surface area contributed by atoms with Crippen LogP contribution in [0.25, 0.3) is 22.4 Å². The SMILES string of the molecule is COc1cccc2c1nc(-c1ccccc1F)n2Cc1cccc(C#N)c1. The van der Waals surface area contributed by atoms with Crippen molar-refractivity contribution in [2.45, 2.75) is 6.54 Å². The number of para-hydroxylation sites is 1. The molecule has 0 bridgehead atoms. The number of methoxy groups -OCH3 is 1. The highest BCUT2D eigenvalue weighted by Crippen LogP contribution is 2.32. The van der Waals surface area contributed by atoms with Gasteiger partial charge in [-0.25, -0.2) is 9.37 Å². The van der Waals surface area contributed by atoms with E-state index in [0.29, 0.717) is 34.8 Å². The number of hydrogen-bond acceptors (Lipinski definition) is 3. The Balaban J connectivity index is 1.95. The van der Waals surface area contributed by atoms with Gasteiger partial charge < -0.3 is 9.30 Å². The fourth-order valence-corrected chi connectivity index (χ4v) is 3.22. The van der Waals surface area contributed by atoms with Crippen LogP contribution in [0.15, 0.2) is 66.7 Å². The highest BCUT2D eigenvalue weighted by Gasteiger charge is 2.18. The summed E-state index contributed by atoms with van der Waals surface area (Å²) in [5, 5.41) is 9.16. The lowest BCUT2D eigenvalue weighted by molar-refractivity contribution is 0.419. The van der Waals surface area contributed by atoms with E-state index >= 15 is 0 Å². The van der Waals surface area contributed by atoms with E-state index in [1.165, 1.54) is 6.07 Å². The van der Waals surface area contributed by atoms with E-state index in [0.717, 1.165) is 11.1 Å². The standard InChI is InChI=1S/C22H16FN3O/c1-27-20-11-5-10-19-21(20)25-22(17-8-2-3-9-18(17)23)26(19)14-16-7-4-6-15(12-16)13-24/h2-12H,14H2,1H3. The van der Waals surface area contributed by atoms with Gasteiger partial charge >= 0.3 is 0 Å². The molecular formula is C22H16FN3O. The zero-order valence-electron chi connectivity index (χ0n) is 14.7. The summed E-state index contributed by atoms with van der Waals surface area (Å²) < 4.78 is 21.9. The Kier molecular flexibility index (Phi) is 4.31. The lowest BCUT2D eigenvalue weighted by atomic mass is 10.1. The van der Waals surface area contributed by atoms with Crippen molar-refractivity contribution in [3.8, 4) is 23.2 Å². The molecular weight excluding hydrogens is 341 g/mol. The highest BCUT2D eigenvalue weighted by molar-refractivity contribution is 5.86. The van der Waals surface area contributed by atoms with Crippen LogP contribution in [-0.4, -0.2) is 16.7 Å². The van der Waals surface area contributed by atoms with Gasteiger partial charge in [-0.05, 0) is 42.0 Å². The molecule has 1 aromatic heterocycles. The van der Waals surface area contributed by atoms with Crippen LogP contribution in [0.3, 0.4) is 0 Å². The van der Waals surface area contributed by atoms with Gasteiger partial charge in [-0.15, -0.1) is 0 Å². The van der Waals surface area contributed by atoms with Gasteiger partial charge in [-0.2, -0.15) is 5.26 Å². The smallest absolute Gasteiger partial charge is 0.146 e. The number of nitrogens with zero attached hydrogens (tertiary/aromatic N) is 3. The number of nitriles is 1. The van der Waals surface area contributed by atoms with Gasteiger partial charge in [0, 0.05) is 6.54 Å². The monoisotopic (exact) mass is 357 g/mol. The van der Waals surface area contributed by atoms with Crippen molar-refractivity contribution in [1.29, 1.82) is 5.26 Å². The van der Waals surface area contributed by atoms with Crippen molar-refractivity contribution < 1.29 is 9.13 Å². The van der Waals surface area contributed by atoms with Crippen molar-refractivity contribution in [2.75, 3.05) is 7.11 Å². The minimum Gasteiger partial charge on any atom is -0.494 e. The van der Waals surface area contributed by atoms with Crippen LogP contribution < -0.4 is 4.74 Å². The topological polar surface area (TPSA) is 50.8 Å². The van der Waals surface area contributed by atoms with Crippen LogP contribution in [0.4, 0.5) is 4.39 Å². The second-order valence-corrected chi connectivity index (χ2v) is 6.14. The summed E-state index contributed by atoms with van der Waals surface area (Å²) >= 11 is 0. The van der Waals surface area contributed by atoms with Crippen molar-refractivity contribution >= 4 is 11.0 Å². The molecule has 0 aliphatic heterocycles. The Hall–Kier alpha value is -3.65. The molecule has 0 saturated carbocycles. The summed E-state index contributed by atoms with van der Waals surface area (Å²) in [7, 11) is 1.59. The van der Waals surface area contributed by atoms with E-state index < -0.39 is 0 Å². The molecule has 0 amide bonds. The molecule has 0 radical (unpaired) electrons. The third-order valence-electron chi connectivity index (χ3n) is 4.47. The molecule has 0 N–H and O–H groups in total. The van der Waals surface area contributed by atoms with Crippen LogP contribution >= 0.6 is 0 Å². The van der Waals surface area contributed by atoms with E-state index in [1.54, 1.807) is 31.4 Å². The molecule has 3 aromatic carbocycles. The molecule has 0 unspecified atom stereocenters. The van der Waals surface area contributed by atoms with Gasteiger partial charge in [0.15, 0.2) is 0 Å². The molecule has 0 spiro atoms. The highest BCUT2D eigenvalue weighted by atomic mass is 19.1. The van der Waals surface area contributed by atoms with E-state index in [-0.39, 0.29) is 5.82 Å². The van der Waals surface area contributed by atoms with Gasteiger partial charge in [0.05, 0.1) is 29.8 Å². The molecule has 4 aromatic rings. The Morgan fingerprint density at radius 1 is 1.07 bits per heavy atom. The summed E-state index contributed by atoms with van der Waals surface area (Å²) in [6.45, 7) is 0.461. The minimum absolute atomic E-state index is 0.334. The molecule has 1 heterocycles. The molecule has 0 atom stereocenters. The minimum atomic E-state index is -0.334. The Morgan fingerprint density at radius 3 is 2.67 bits per heavy atom. The Bertz CT molecular complexity index is 1170. The quantitative estimate of drug-likeness (QED) is 0.529. The lowest BCUT2D eigenvalue weighted by Gasteiger charge is -2.11. The van der Waals surface area contributed by atoms with Crippen molar-refractivity contribution in [3.63, 3.8) is 0 Å². The van der Waals surface area contributed by atoms with Gasteiger partial charge in [-0.3, -0.25) is 0 Å². The fraction of sp³-hybridized carbons (Fsp3) is 0.0909. The first-order valence-corrected chi connectivity index (χ1v) is 8.48. The Labute approximate surface area is 156 Å². The molecule has 4 nitrogen and oxygen atoms in total. The molecule has 0 aliphatic carbocycles. The van der Waals surface area contributed by atoms with Crippen LogP contribution in [-0.2, 0) is 6.54 Å². The van der Waals surface area contributed by atoms with Crippen molar-refractivity contribution in [1.82, 2.24) is 9.55 Å². The second kappa shape index (κ2) is 6.93. The third-order valence-corrected chi connectivity index (χ3v) is 4.47. The van der Waals surface area contributed by atoms with Gasteiger partial charge in [0.1, 0.15) is 22.9 Å². The Morgan fingerprint density at radius 2 is 1.89 bits per heavy atom. The van der Waals surface area contributed by atoms with Crippen molar-refractivity contribution in [2.24, 2.45) is 0 Å². The third kappa shape index (κ3) is 3.02. The van der Waals surface area contributed by atoms with Gasteiger partial charge in [0.25, 0.3) is 0 Å². The number of halogens is 1. The van der Waals surface area contributed by atoms with E-state index in [1.807, 2.05) is 41.0 Å². The number of hydrogen-bond donors (Lipinski definition) is 0. The predicted octanol–water partition coefficient (Wildman–Crippen LogP) is 4.77. The number of aromatic nitrogens is 2. The maximum Gasteiger partial charge on any atom is 0.146 e. The molecule has 5 heteroatoms. The summed E-state index contributed by atoms with van der Waals surface area (Å²) in [5.74, 6) is 0.823. The molecule has 0 aliphatic rings. The second-order valence-electron chi connectivity index (χ2n) is 6.14. The predicted molar refractivity (Wildman–Crippen MR) is 102 cm³/mol. The number of ether oxygens (including phenoxy) is 1. The maximum absolute atomic E-state index is 14.5. The maximum atomic E-state index is 14.5. The largest absolute Gasteiger partial charge is 0.494 e. The zero-order chi connectivity index (χ0) is 18.8. The van der Waals surface area contributed by atoms with Gasteiger partial charge in [-0.1, -0.05) is 30.3 Å². The summed E-state index contributed by atoms with van der Waals surface area (Å²) in [4.78, 5) is 4.69.